The molecule has 0 bridgehead atoms. The fourth-order valence-corrected chi connectivity index (χ4v) is 2.98. The lowest BCUT2D eigenvalue weighted by Crippen LogP contribution is -2.48. The third-order valence-electron chi connectivity index (χ3n) is 4.69. The van der Waals surface area contributed by atoms with Gasteiger partial charge in [-0.3, -0.25) is 14.4 Å². The van der Waals surface area contributed by atoms with Crippen LogP contribution in [0.2, 0.25) is 0 Å². The van der Waals surface area contributed by atoms with Gasteiger partial charge in [-0.15, -0.1) is 0 Å². The van der Waals surface area contributed by atoms with Crippen LogP contribution in [0, 0.1) is 10.8 Å². The number of carbonyl (C=O) groups is 3. The van der Waals surface area contributed by atoms with Gasteiger partial charge < -0.3 is 14.8 Å². The van der Waals surface area contributed by atoms with E-state index in [-0.39, 0.29) is 43.0 Å². The number of fused-ring (bicyclic) bond motifs is 1. The zero-order chi connectivity index (χ0) is 21.1. The lowest BCUT2D eigenvalue weighted by molar-refractivity contribution is -0.153. The van der Waals surface area contributed by atoms with Gasteiger partial charge in [-0.05, 0) is 59.6 Å². The Balaban J connectivity index is 2.14. The summed E-state index contributed by atoms with van der Waals surface area (Å²) in [5.74, 6) is -0.889. The second-order valence-electron chi connectivity index (χ2n) is 9.30. The summed E-state index contributed by atoms with van der Waals surface area (Å²) in [6, 6.07) is 7.00. The summed E-state index contributed by atoms with van der Waals surface area (Å²) in [5.41, 5.74) is 0.303. The van der Waals surface area contributed by atoms with Gasteiger partial charge in [0.2, 0.25) is 0 Å². The number of hydrogen-bond acceptors (Lipinski definition) is 5. The SMILES string of the molecule is CC(C)(C)C(=O)OCC[C@@H]1c2ccccc2C(=O)N[C@H]1COC(=O)C(C)(C)C. The number of rotatable bonds is 5. The van der Waals surface area contributed by atoms with Crippen LogP contribution in [0.15, 0.2) is 24.3 Å². The first-order chi connectivity index (χ1) is 12.9. The van der Waals surface area contributed by atoms with Gasteiger partial charge in [0.1, 0.15) is 6.61 Å². The third kappa shape index (κ3) is 5.33. The maximum atomic E-state index is 12.5. The molecule has 0 aliphatic carbocycles. The number of ether oxygens (including phenoxy) is 2. The van der Waals surface area contributed by atoms with E-state index in [2.05, 4.69) is 5.32 Å². The molecule has 0 saturated carbocycles. The van der Waals surface area contributed by atoms with Crippen LogP contribution in [-0.4, -0.2) is 37.1 Å². The second-order valence-corrected chi connectivity index (χ2v) is 9.30. The molecule has 0 fully saturated rings. The molecule has 6 heteroatoms. The predicted octanol–water partition coefficient (Wildman–Crippen LogP) is 3.45. The Bertz CT molecular complexity index is 742. The van der Waals surface area contributed by atoms with E-state index in [1.54, 1.807) is 47.6 Å². The van der Waals surface area contributed by atoms with Crippen LogP contribution < -0.4 is 5.32 Å². The molecule has 28 heavy (non-hydrogen) atoms. The highest BCUT2D eigenvalue weighted by atomic mass is 16.5. The lowest BCUT2D eigenvalue weighted by Gasteiger charge is -2.34. The van der Waals surface area contributed by atoms with Crippen LogP contribution in [-0.2, 0) is 19.1 Å². The highest BCUT2D eigenvalue weighted by Crippen LogP contribution is 2.32. The summed E-state index contributed by atoms with van der Waals surface area (Å²) in [7, 11) is 0. The molecule has 1 amide bonds. The van der Waals surface area contributed by atoms with Crippen LogP contribution in [0.5, 0.6) is 0 Å². The molecule has 2 atom stereocenters. The first kappa shape index (κ1) is 21.9. The average Bonchev–Trinajstić information content (AvgIpc) is 2.60. The molecular weight excluding hydrogens is 358 g/mol. The number of hydrogen-bond donors (Lipinski definition) is 1. The fourth-order valence-electron chi connectivity index (χ4n) is 2.98. The number of carbonyl (C=O) groups excluding carboxylic acids is 3. The van der Waals surface area contributed by atoms with Crippen molar-refractivity contribution in [2.75, 3.05) is 13.2 Å². The summed E-state index contributed by atoms with van der Waals surface area (Å²) in [5, 5.41) is 2.94. The van der Waals surface area contributed by atoms with Gasteiger partial charge in [0, 0.05) is 11.5 Å². The Morgan fingerprint density at radius 3 is 2.14 bits per heavy atom. The highest BCUT2D eigenvalue weighted by Gasteiger charge is 2.35. The quantitative estimate of drug-likeness (QED) is 0.780. The lowest BCUT2D eigenvalue weighted by atomic mass is 9.82. The number of amides is 1. The standard InChI is InChI=1S/C22H31NO5/c1-21(2,3)19(25)27-12-11-15-14-9-7-8-10-16(14)18(24)23-17(15)13-28-20(26)22(4,5)6/h7-10,15,17H,11-13H2,1-6H3,(H,23,24)/t15-,17+/m1/s1. The molecule has 0 unspecified atom stereocenters. The number of esters is 2. The molecule has 2 rings (SSSR count). The highest BCUT2D eigenvalue weighted by molar-refractivity contribution is 5.97. The first-order valence-electron chi connectivity index (χ1n) is 9.65. The average molecular weight is 389 g/mol. The number of nitrogens with one attached hydrogen (secondary N) is 1. The van der Waals surface area contributed by atoms with Crippen LogP contribution in [0.25, 0.3) is 0 Å². The Morgan fingerprint density at radius 2 is 1.54 bits per heavy atom. The minimum atomic E-state index is -0.617. The molecule has 0 radical (unpaired) electrons. The number of benzene rings is 1. The fraction of sp³-hybridized carbons (Fsp3) is 0.591. The molecule has 1 aliphatic heterocycles. The van der Waals surface area contributed by atoms with E-state index in [1.807, 2.05) is 18.2 Å². The topological polar surface area (TPSA) is 81.7 Å². The molecule has 0 aromatic heterocycles. The van der Waals surface area contributed by atoms with Gasteiger partial charge in [-0.2, -0.15) is 0 Å². The molecular formula is C22H31NO5. The Hall–Kier alpha value is -2.37. The molecule has 0 spiro atoms. The normalized spacial score (nSPS) is 19.4. The molecule has 6 nitrogen and oxygen atoms in total. The van der Waals surface area contributed by atoms with Crippen LogP contribution >= 0.6 is 0 Å². The zero-order valence-electron chi connectivity index (χ0n) is 17.6. The van der Waals surface area contributed by atoms with Crippen LogP contribution in [0.3, 0.4) is 0 Å². The molecule has 154 valence electrons. The van der Waals surface area contributed by atoms with Crippen molar-refractivity contribution in [3.63, 3.8) is 0 Å². The van der Waals surface area contributed by atoms with E-state index in [1.165, 1.54) is 0 Å². The van der Waals surface area contributed by atoms with Gasteiger partial charge in [-0.25, -0.2) is 0 Å². The van der Waals surface area contributed by atoms with Crippen molar-refractivity contribution < 1.29 is 23.9 Å². The first-order valence-corrected chi connectivity index (χ1v) is 9.65. The van der Waals surface area contributed by atoms with Crippen molar-refractivity contribution in [2.24, 2.45) is 10.8 Å². The predicted molar refractivity (Wildman–Crippen MR) is 106 cm³/mol. The van der Waals surface area contributed by atoms with Gasteiger partial charge in [0.15, 0.2) is 0 Å². The van der Waals surface area contributed by atoms with Gasteiger partial charge in [0.05, 0.1) is 23.5 Å². The maximum absolute atomic E-state index is 12.5. The summed E-state index contributed by atoms with van der Waals surface area (Å²) >= 11 is 0. The van der Waals surface area contributed by atoms with Crippen molar-refractivity contribution in [1.29, 1.82) is 0 Å². The van der Waals surface area contributed by atoms with Gasteiger partial charge in [0.25, 0.3) is 5.91 Å². The summed E-state index contributed by atoms with van der Waals surface area (Å²) in [4.78, 5) is 36.7. The van der Waals surface area contributed by atoms with Gasteiger partial charge in [-0.1, -0.05) is 18.2 Å². The van der Waals surface area contributed by atoms with E-state index < -0.39 is 10.8 Å². The minimum Gasteiger partial charge on any atom is -0.465 e. The Kier molecular flexibility index (Phi) is 6.52. The van der Waals surface area contributed by atoms with Crippen LogP contribution in [0.4, 0.5) is 0 Å². The van der Waals surface area contributed by atoms with Crippen molar-refractivity contribution in [1.82, 2.24) is 5.32 Å². The van der Waals surface area contributed by atoms with Crippen molar-refractivity contribution >= 4 is 17.8 Å². The minimum absolute atomic E-state index is 0.0774. The molecule has 1 heterocycles. The summed E-state index contributed by atoms with van der Waals surface area (Å²) in [6.07, 6.45) is 0.525. The molecule has 0 saturated heterocycles. The second kappa shape index (κ2) is 8.33. The molecule has 1 aromatic carbocycles. The molecule has 1 N–H and O–H groups in total. The van der Waals surface area contributed by atoms with E-state index in [0.717, 1.165) is 5.56 Å². The zero-order valence-corrected chi connectivity index (χ0v) is 17.6. The Morgan fingerprint density at radius 1 is 0.964 bits per heavy atom. The summed E-state index contributed by atoms with van der Waals surface area (Å²) < 4.78 is 10.9. The van der Waals surface area contributed by atoms with E-state index in [0.29, 0.717) is 12.0 Å². The maximum Gasteiger partial charge on any atom is 0.311 e. The van der Waals surface area contributed by atoms with Crippen molar-refractivity contribution in [3.05, 3.63) is 35.4 Å². The van der Waals surface area contributed by atoms with E-state index >= 15 is 0 Å². The third-order valence-corrected chi connectivity index (χ3v) is 4.69. The van der Waals surface area contributed by atoms with E-state index in [9.17, 15) is 14.4 Å². The van der Waals surface area contributed by atoms with E-state index in [4.69, 9.17) is 9.47 Å². The van der Waals surface area contributed by atoms with Crippen molar-refractivity contribution in [3.8, 4) is 0 Å². The van der Waals surface area contributed by atoms with Crippen LogP contribution in [0.1, 0.15) is 69.8 Å². The van der Waals surface area contributed by atoms with Crippen molar-refractivity contribution in [2.45, 2.75) is 59.9 Å². The Labute approximate surface area is 167 Å². The monoisotopic (exact) mass is 389 g/mol. The molecule has 1 aromatic rings. The van der Waals surface area contributed by atoms with Gasteiger partial charge >= 0.3 is 11.9 Å². The summed E-state index contributed by atoms with van der Waals surface area (Å²) in [6.45, 7) is 11.1. The molecule has 1 aliphatic rings. The smallest absolute Gasteiger partial charge is 0.311 e. The largest absolute Gasteiger partial charge is 0.465 e.